The second-order valence-electron chi connectivity index (χ2n) is 6.31. The van der Waals surface area contributed by atoms with E-state index in [4.69, 9.17) is 11.6 Å². The third-order valence-corrected chi connectivity index (χ3v) is 4.40. The van der Waals surface area contributed by atoms with Crippen LogP contribution in [0.3, 0.4) is 0 Å². The van der Waals surface area contributed by atoms with Crippen LogP contribution in [-0.2, 0) is 13.1 Å². The number of benzene rings is 2. The van der Waals surface area contributed by atoms with Gasteiger partial charge in [0, 0.05) is 23.8 Å². The molecule has 0 radical (unpaired) electrons. The summed E-state index contributed by atoms with van der Waals surface area (Å²) < 4.78 is 0. The monoisotopic (exact) mass is 380 g/mol. The van der Waals surface area contributed by atoms with Crippen LogP contribution in [0.25, 0.3) is 0 Å². The first kappa shape index (κ1) is 18.9. The highest BCUT2D eigenvalue weighted by atomic mass is 35.5. The zero-order valence-corrected chi connectivity index (χ0v) is 16.0. The van der Waals surface area contributed by atoms with Crippen molar-refractivity contribution < 1.29 is 4.79 Å². The van der Waals surface area contributed by atoms with Crippen LogP contribution in [0.4, 0.5) is 5.95 Å². The van der Waals surface area contributed by atoms with Crippen molar-refractivity contribution in [3.8, 4) is 0 Å². The van der Waals surface area contributed by atoms with Gasteiger partial charge in [0.05, 0.1) is 0 Å². The number of halogens is 1. The normalized spacial score (nSPS) is 10.5. The SMILES string of the molecule is Cc1cc(C(=O)NCc2ccccc2C)nc(NCc2ccc(Cl)cc2)n1. The predicted octanol–water partition coefficient (Wildman–Crippen LogP) is 4.29. The van der Waals surface area contributed by atoms with Crippen LogP contribution in [0.1, 0.15) is 32.9 Å². The van der Waals surface area contributed by atoms with Crippen LogP contribution in [0.15, 0.2) is 54.6 Å². The van der Waals surface area contributed by atoms with Gasteiger partial charge in [-0.1, -0.05) is 48.0 Å². The minimum atomic E-state index is -0.224. The van der Waals surface area contributed by atoms with Gasteiger partial charge in [-0.05, 0) is 48.7 Å². The molecule has 6 heteroatoms. The summed E-state index contributed by atoms with van der Waals surface area (Å²) in [5, 5.41) is 6.77. The topological polar surface area (TPSA) is 66.9 Å². The molecular weight excluding hydrogens is 360 g/mol. The van der Waals surface area contributed by atoms with Crippen LogP contribution in [-0.4, -0.2) is 15.9 Å². The quantitative estimate of drug-likeness (QED) is 0.669. The number of hydrogen-bond acceptors (Lipinski definition) is 4. The number of amides is 1. The van der Waals surface area contributed by atoms with Gasteiger partial charge in [0.2, 0.25) is 5.95 Å². The zero-order chi connectivity index (χ0) is 19.2. The van der Waals surface area contributed by atoms with E-state index in [1.807, 2.05) is 62.4 Å². The Bertz CT molecular complexity index is 941. The maximum Gasteiger partial charge on any atom is 0.270 e. The molecule has 0 spiro atoms. The van der Waals surface area contributed by atoms with Crippen LogP contribution in [0.2, 0.25) is 5.02 Å². The van der Waals surface area contributed by atoms with E-state index in [0.717, 1.165) is 22.4 Å². The first-order valence-electron chi connectivity index (χ1n) is 8.68. The fourth-order valence-corrected chi connectivity index (χ4v) is 2.75. The molecule has 2 N–H and O–H groups in total. The molecule has 0 bridgehead atoms. The zero-order valence-electron chi connectivity index (χ0n) is 15.3. The Morgan fingerprint density at radius 1 is 1.00 bits per heavy atom. The number of nitrogens with one attached hydrogen (secondary N) is 2. The van der Waals surface area contributed by atoms with Gasteiger partial charge in [-0.3, -0.25) is 4.79 Å². The van der Waals surface area contributed by atoms with Crippen molar-refractivity contribution in [1.29, 1.82) is 0 Å². The number of anilines is 1. The van der Waals surface area contributed by atoms with E-state index >= 15 is 0 Å². The summed E-state index contributed by atoms with van der Waals surface area (Å²) >= 11 is 5.90. The lowest BCUT2D eigenvalue weighted by Crippen LogP contribution is -2.25. The van der Waals surface area contributed by atoms with E-state index in [1.54, 1.807) is 6.07 Å². The molecule has 0 saturated carbocycles. The van der Waals surface area contributed by atoms with Crippen molar-refractivity contribution in [1.82, 2.24) is 15.3 Å². The van der Waals surface area contributed by atoms with Gasteiger partial charge in [-0.2, -0.15) is 0 Å². The van der Waals surface area contributed by atoms with Crippen molar-refractivity contribution in [2.45, 2.75) is 26.9 Å². The van der Waals surface area contributed by atoms with Crippen LogP contribution in [0.5, 0.6) is 0 Å². The number of nitrogens with zero attached hydrogens (tertiary/aromatic N) is 2. The van der Waals surface area contributed by atoms with Gasteiger partial charge in [-0.15, -0.1) is 0 Å². The highest BCUT2D eigenvalue weighted by molar-refractivity contribution is 6.30. The molecule has 138 valence electrons. The summed E-state index contributed by atoms with van der Waals surface area (Å²) in [4.78, 5) is 21.2. The smallest absolute Gasteiger partial charge is 0.270 e. The Morgan fingerprint density at radius 2 is 1.74 bits per heavy atom. The van der Waals surface area contributed by atoms with Crippen molar-refractivity contribution >= 4 is 23.5 Å². The largest absolute Gasteiger partial charge is 0.350 e. The maximum absolute atomic E-state index is 12.5. The van der Waals surface area contributed by atoms with Gasteiger partial charge >= 0.3 is 0 Å². The Labute approximate surface area is 163 Å². The van der Waals surface area contributed by atoms with E-state index in [0.29, 0.717) is 29.8 Å². The first-order valence-corrected chi connectivity index (χ1v) is 9.06. The minimum absolute atomic E-state index is 0.224. The summed E-state index contributed by atoms with van der Waals surface area (Å²) in [6, 6.07) is 17.2. The Kier molecular flexibility index (Phi) is 6.04. The summed E-state index contributed by atoms with van der Waals surface area (Å²) in [5.74, 6) is 0.198. The average molecular weight is 381 g/mol. The average Bonchev–Trinajstić information content (AvgIpc) is 2.66. The number of rotatable bonds is 6. The van der Waals surface area contributed by atoms with Crippen molar-refractivity contribution in [2.75, 3.05) is 5.32 Å². The molecule has 0 aliphatic rings. The van der Waals surface area contributed by atoms with Crippen LogP contribution < -0.4 is 10.6 Å². The molecule has 0 aliphatic heterocycles. The van der Waals surface area contributed by atoms with Gasteiger partial charge in [-0.25, -0.2) is 9.97 Å². The maximum atomic E-state index is 12.5. The molecule has 5 nitrogen and oxygen atoms in total. The number of carbonyl (C=O) groups excluding carboxylic acids is 1. The summed E-state index contributed by atoms with van der Waals surface area (Å²) in [5.41, 5.74) is 4.34. The van der Waals surface area contributed by atoms with E-state index in [9.17, 15) is 4.79 Å². The lowest BCUT2D eigenvalue weighted by Gasteiger charge is -2.10. The number of aryl methyl sites for hydroxylation is 2. The molecular formula is C21H21ClN4O. The first-order chi connectivity index (χ1) is 13.0. The molecule has 3 rings (SSSR count). The van der Waals surface area contributed by atoms with Crippen molar-refractivity contribution in [3.63, 3.8) is 0 Å². The van der Waals surface area contributed by atoms with Gasteiger partial charge in [0.1, 0.15) is 5.69 Å². The Morgan fingerprint density at radius 3 is 2.48 bits per heavy atom. The van der Waals surface area contributed by atoms with Crippen LogP contribution in [0, 0.1) is 13.8 Å². The fraction of sp³-hybridized carbons (Fsp3) is 0.190. The number of hydrogen-bond donors (Lipinski definition) is 2. The van der Waals surface area contributed by atoms with Crippen molar-refractivity contribution in [2.24, 2.45) is 0 Å². The van der Waals surface area contributed by atoms with Gasteiger partial charge < -0.3 is 10.6 Å². The number of aromatic nitrogens is 2. The van der Waals surface area contributed by atoms with E-state index in [2.05, 4.69) is 20.6 Å². The molecule has 1 heterocycles. The highest BCUT2D eigenvalue weighted by Crippen LogP contribution is 2.12. The van der Waals surface area contributed by atoms with E-state index < -0.39 is 0 Å². The summed E-state index contributed by atoms with van der Waals surface area (Å²) in [6.07, 6.45) is 0. The van der Waals surface area contributed by atoms with Gasteiger partial charge in [0.15, 0.2) is 0 Å². The molecule has 2 aromatic carbocycles. The van der Waals surface area contributed by atoms with E-state index in [-0.39, 0.29) is 5.91 Å². The third kappa shape index (κ3) is 5.28. The van der Waals surface area contributed by atoms with Gasteiger partial charge in [0.25, 0.3) is 5.91 Å². The Hall–Kier alpha value is -2.92. The lowest BCUT2D eigenvalue weighted by atomic mass is 10.1. The molecule has 0 fully saturated rings. The summed E-state index contributed by atoms with van der Waals surface area (Å²) in [7, 11) is 0. The number of carbonyl (C=O) groups is 1. The predicted molar refractivity (Wildman–Crippen MR) is 108 cm³/mol. The standard InChI is InChI=1S/C21H21ClN4O/c1-14-5-3-4-6-17(14)13-23-20(27)19-11-15(2)25-21(26-19)24-12-16-7-9-18(22)10-8-16/h3-11H,12-13H2,1-2H3,(H,23,27)(H,24,25,26). The second kappa shape index (κ2) is 8.64. The molecule has 0 unspecified atom stereocenters. The lowest BCUT2D eigenvalue weighted by molar-refractivity contribution is 0.0945. The molecule has 0 saturated heterocycles. The molecule has 0 aliphatic carbocycles. The van der Waals surface area contributed by atoms with Crippen LogP contribution >= 0.6 is 11.6 Å². The van der Waals surface area contributed by atoms with Crippen molar-refractivity contribution in [3.05, 3.63) is 87.7 Å². The third-order valence-electron chi connectivity index (χ3n) is 4.15. The summed E-state index contributed by atoms with van der Waals surface area (Å²) in [6.45, 7) is 4.87. The molecule has 0 atom stereocenters. The highest BCUT2D eigenvalue weighted by Gasteiger charge is 2.11. The fourth-order valence-electron chi connectivity index (χ4n) is 2.62. The molecule has 1 aromatic heterocycles. The molecule has 3 aromatic rings. The molecule has 27 heavy (non-hydrogen) atoms. The van der Waals surface area contributed by atoms with E-state index in [1.165, 1.54) is 0 Å². The minimum Gasteiger partial charge on any atom is -0.350 e. The molecule has 1 amide bonds. The Balaban J connectivity index is 1.66. The second-order valence-corrected chi connectivity index (χ2v) is 6.74.